The Hall–Kier alpha value is -1.64. The van der Waals surface area contributed by atoms with Crippen LogP contribution >= 0.6 is 0 Å². The summed E-state index contributed by atoms with van der Waals surface area (Å²) in [5, 5.41) is 0. The highest BCUT2D eigenvalue weighted by atomic mass is 19.1. The first-order valence-electron chi connectivity index (χ1n) is 3.60. The number of imidazole rings is 1. The molecule has 1 aromatic heterocycles. The third-order valence-electron chi connectivity index (χ3n) is 1.61. The van der Waals surface area contributed by atoms with Gasteiger partial charge in [0.15, 0.2) is 0 Å². The second-order valence-electron chi connectivity index (χ2n) is 2.45. The van der Waals surface area contributed by atoms with E-state index >= 15 is 0 Å². The molecule has 0 radical (unpaired) electrons. The molecule has 0 amide bonds. The molecule has 0 aliphatic rings. The summed E-state index contributed by atoms with van der Waals surface area (Å²) in [5.41, 5.74) is 0.785. The zero-order valence-corrected chi connectivity index (χ0v) is 6.31. The summed E-state index contributed by atoms with van der Waals surface area (Å²) in [6, 6.07) is 6.37. The van der Waals surface area contributed by atoms with Crippen LogP contribution in [0.25, 0.3) is 5.69 Å². The van der Waals surface area contributed by atoms with E-state index < -0.39 is 0 Å². The van der Waals surface area contributed by atoms with Crippen LogP contribution in [0.15, 0.2) is 43.0 Å². The van der Waals surface area contributed by atoms with E-state index in [0.717, 1.165) is 5.69 Å². The van der Waals surface area contributed by atoms with Gasteiger partial charge in [0, 0.05) is 18.1 Å². The van der Waals surface area contributed by atoms with Gasteiger partial charge in [-0.15, -0.1) is 0 Å². The van der Waals surface area contributed by atoms with Crippen LogP contribution in [0.3, 0.4) is 0 Å². The van der Waals surface area contributed by atoms with E-state index in [9.17, 15) is 4.39 Å². The van der Waals surface area contributed by atoms with E-state index in [4.69, 9.17) is 0 Å². The Balaban J connectivity index is 2.48. The van der Waals surface area contributed by atoms with Crippen molar-refractivity contribution in [2.24, 2.45) is 0 Å². The maximum atomic E-state index is 12.7. The van der Waals surface area contributed by atoms with Gasteiger partial charge in [0.05, 0.1) is 6.33 Å². The number of nitrogens with zero attached hydrogens (tertiary/aromatic N) is 2. The minimum absolute atomic E-state index is 0.235. The summed E-state index contributed by atoms with van der Waals surface area (Å²) in [6.45, 7) is 0. The fraction of sp³-hybridized carbons (Fsp3) is 0. The molecule has 0 aliphatic heterocycles. The molecule has 3 heteroatoms. The molecule has 0 bridgehead atoms. The fourth-order valence-electron chi connectivity index (χ4n) is 1.05. The molecule has 2 nitrogen and oxygen atoms in total. The second-order valence-corrected chi connectivity index (χ2v) is 2.45. The van der Waals surface area contributed by atoms with Gasteiger partial charge in [-0.05, 0) is 18.2 Å². The van der Waals surface area contributed by atoms with Crippen LogP contribution in [0.2, 0.25) is 0 Å². The second kappa shape index (κ2) is 2.77. The van der Waals surface area contributed by atoms with Crippen molar-refractivity contribution in [3.05, 3.63) is 48.8 Å². The van der Waals surface area contributed by atoms with Crippen LogP contribution in [0.4, 0.5) is 4.39 Å². The topological polar surface area (TPSA) is 17.8 Å². The first kappa shape index (κ1) is 7.03. The minimum atomic E-state index is -0.235. The Bertz CT molecular complexity index is 368. The number of hydrogen-bond acceptors (Lipinski definition) is 1. The Labute approximate surface area is 69.3 Å². The summed E-state index contributed by atoms with van der Waals surface area (Å²) >= 11 is 0. The highest BCUT2D eigenvalue weighted by Gasteiger charge is 1.95. The fourth-order valence-corrected chi connectivity index (χ4v) is 1.05. The minimum Gasteiger partial charge on any atom is -0.306 e. The van der Waals surface area contributed by atoms with Gasteiger partial charge in [-0.3, -0.25) is 0 Å². The molecular weight excluding hydrogens is 155 g/mol. The van der Waals surface area contributed by atoms with Crippen LogP contribution in [0, 0.1) is 5.82 Å². The lowest BCUT2D eigenvalue weighted by Gasteiger charge is -1.99. The SMILES string of the molecule is Fc1cccc(-n2ccnc2)c1. The van der Waals surface area contributed by atoms with Crippen LogP contribution in [0.5, 0.6) is 0 Å². The number of rotatable bonds is 1. The van der Waals surface area contributed by atoms with Crippen molar-refractivity contribution in [3.63, 3.8) is 0 Å². The van der Waals surface area contributed by atoms with Crippen molar-refractivity contribution >= 4 is 0 Å². The van der Waals surface area contributed by atoms with Gasteiger partial charge in [0.25, 0.3) is 0 Å². The Kier molecular flexibility index (Phi) is 1.63. The average Bonchev–Trinajstić information content (AvgIpc) is 2.56. The molecule has 60 valence electrons. The molecule has 0 fully saturated rings. The third-order valence-corrected chi connectivity index (χ3v) is 1.61. The zero-order valence-electron chi connectivity index (χ0n) is 6.31. The summed E-state index contributed by atoms with van der Waals surface area (Å²) < 4.78 is 14.5. The molecule has 0 spiro atoms. The van der Waals surface area contributed by atoms with Crippen molar-refractivity contribution in [2.45, 2.75) is 0 Å². The average molecular weight is 162 g/mol. The summed E-state index contributed by atoms with van der Waals surface area (Å²) in [6.07, 6.45) is 5.06. The number of halogens is 1. The summed E-state index contributed by atoms with van der Waals surface area (Å²) in [7, 11) is 0. The first-order valence-corrected chi connectivity index (χ1v) is 3.60. The van der Waals surface area contributed by atoms with Crippen molar-refractivity contribution in [3.8, 4) is 5.69 Å². The van der Waals surface area contributed by atoms with E-state index in [-0.39, 0.29) is 5.82 Å². The molecule has 1 aromatic carbocycles. The predicted molar refractivity (Wildman–Crippen MR) is 43.5 cm³/mol. The van der Waals surface area contributed by atoms with Crippen LogP contribution in [-0.2, 0) is 0 Å². The maximum Gasteiger partial charge on any atom is 0.125 e. The largest absolute Gasteiger partial charge is 0.306 e. The van der Waals surface area contributed by atoms with E-state index in [1.54, 1.807) is 29.4 Å². The van der Waals surface area contributed by atoms with E-state index in [2.05, 4.69) is 4.98 Å². The van der Waals surface area contributed by atoms with Gasteiger partial charge in [0.2, 0.25) is 0 Å². The smallest absolute Gasteiger partial charge is 0.125 e. The predicted octanol–water partition coefficient (Wildman–Crippen LogP) is 2.01. The van der Waals surface area contributed by atoms with Crippen LogP contribution in [0.1, 0.15) is 0 Å². The molecule has 0 saturated heterocycles. The Morgan fingerprint density at radius 1 is 1.33 bits per heavy atom. The molecule has 0 aliphatic carbocycles. The lowest BCUT2D eigenvalue weighted by molar-refractivity contribution is 0.626. The molecule has 1 heterocycles. The van der Waals surface area contributed by atoms with E-state index in [1.807, 2.05) is 6.07 Å². The van der Waals surface area contributed by atoms with Gasteiger partial charge in [-0.25, -0.2) is 9.37 Å². The van der Waals surface area contributed by atoms with Crippen LogP contribution < -0.4 is 0 Å². The molecule has 12 heavy (non-hydrogen) atoms. The van der Waals surface area contributed by atoms with Gasteiger partial charge in [0.1, 0.15) is 5.82 Å². The highest BCUT2D eigenvalue weighted by molar-refractivity contribution is 5.31. The normalized spacial score (nSPS) is 10.1. The zero-order chi connectivity index (χ0) is 8.39. The van der Waals surface area contributed by atoms with Crippen molar-refractivity contribution in [2.75, 3.05) is 0 Å². The molecule has 2 aromatic rings. The monoisotopic (exact) mass is 162 g/mol. The van der Waals surface area contributed by atoms with Gasteiger partial charge in [-0.1, -0.05) is 6.07 Å². The summed E-state index contributed by atoms with van der Waals surface area (Å²) in [4.78, 5) is 3.87. The van der Waals surface area contributed by atoms with Gasteiger partial charge < -0.3 is 4.57 Å². The summed E-state index contributed by atoms with van der Waals surface area (Å²) in [5.74, 6) is -0.235. The third kappa shape index (κ3) is 1.21. The highest BCUT2D eigenvalue weighted by Crippen LogP contribution is 2.08. The van der Waals surface area contributed by atoms with Crippen molar-refractivity contribution in [1.82, 2.24) is 9.55 Å². The Morgan fingerprint density at radius 2 is 2.25 bits per heavy atom. The molecule has 0 unspecified atom stereocenters. The van der Waals surface area contributed by atoms with E-state index in [0.29, 0.717) is 0 Å². The number of aromatic nitrogens is 2. The quantitative estimate of drug-likeness (QED) is 0.627. The van der Waals surface area contributed by atoms with Crippen molar-refractivity contribution < 1.29 is 4.39 Å². The van der Waals surface area contributed by atoms with E-state index in [1.165, 1.54) is 12.1 Å². The lowest BCUT2D eigenvalue weighted by atomic mass is 10.3. The standard InChI is InChI=1S/C9H7FN2/c10-8-2-1-3-9(6-8)12-5-4-11-7-12/h1-7H. The number of hydrogen-bond donors (Lipinski definition) is 0. The maximum absolute atomic E-state index is 12.7. The van der Waals surface area contributed by atoms with Crippen molar-refractivity contribution in [1.29, 1.82) is 0 Å². The lowest BCUT2D eigenvalue weighted by Crippen LogP contribution is -1.89. The van der Waals surface area contributed by atoms with Crippen LogP contribution in [-0.4, -0.2) is 9.55 Å². The molecule has 0 N–H and O–H groups in total. The molecular formula is C9H7FN2. The Morgan fingerprint density at radius 3 is 2.92 bits per heavy atom. The first-order chi connectivity index (χ1) is 5.86. The number of benzene rings is 1. The molecule has 0 atom stereocenters. The van der Waals surface area contributed by atoms with Gasteiger partial charge >= 0.3 is 0 Å². The molecule has 2 rings (SSSR count). The van der Waals surface area contributed by atoms with Gasteiger partial charge in [-0.2, -0.15) is 0 Å². The molecule has 0 saturated carbocycles.